The Kier molecular flexibility index (Phi) is 5.46. The number of carbonyl (C=O) groups is 1. The first kappa shape index (κ1) is 16.6. The van der Waals surface area contributed by atoms with E-state index in [1.165, 1.54) is 9.75 Å². The van der Waals surface area contributed by atoms with Crippen LogP contribution in [0.15, 0.2) is 17.5 Å². The number of thiazole rings is 1. The van der Waals surface area contributed by atoms with Gasteiger partial charge in [-0.15, -0.1) is 22.7 Å². The van der Waals surface area contributed by atoms with E-state index in [0.717, 1.165) is 36.4 Å². The molecule has 1 fully saturated rings. The molecule has 124 valence electrons. The Morgan fingerprint density at radius 1 is 1.43 bits per heavy atom. The van der Waals surface area contributed by atoms with Crippen molar-refractivity contribution in [3.05, 3.63) is 27.4 Å². The minimum Gasteiger partial charge on any atom is -0.355 e. The van der Waals surface area contributed by atoms with Gasteiger partial charge in [-0.2, -0.15) is 0 Å². The number of hydrogen-bond donors (Lipinski definition) is 2. The predicted molar refractivity (Wildman–Crippen MR) is 96.8 cm³/mol. The number of nitrogens with zero attached hydrogens (tertiary/aromatic N) is 1. The molecule has 2 heterocycles. The monoisotopic (exact) mass is 349 g/mol. The van der Waals surface area contributed by atoms with E-state index >= 15 is 0 Å². The number of nitrogens with two attached hydrogens (primary N) is 1. The fraction of sp³-hybridized carbons (Fsp3) is 0.529. The maximum Gasteiger partial charge on any atom is 0.223 e. The van der Waals surface area contributed by atoms with E-state index in [0.29, 0.717) is 19.0 Å². The fourth-order valence-corrected chi connectivity index (χ4v) is 4.89. The molecule has 0 aliphatic heterocycles. The van der Waals surface area contributed by atoms with E-state index in [2.05, 4.69) is 27.8 Å². The van der Waals surface area contributed by atoms with Crippen LogP contribution in [0.1, 0.15) is 29.1 Å². The van der Waals surface area contributed by atoms with Gasteiger partial charge in [0.25, 0.3) is 0 Å². The van der Waals surface area contributed by atoms with Crippen molar-refractivity contribution in [1.82, 2.24) is 10.3 Å². The molecular formula is C17H23N3OS2. The standard InChI is InChI=1S/C17H23N3OS2/c1-11-20-15(10-22-11)16-6-5-13(23-16)7-8-19-17(21)14-4-2-3-12(14)9-18/h5-6,10,12,14H,2-4,7-9,18H2,1H3,(H,19,21)/t12-,14-/m1/s1. The van der Waals surface area contributed by atoms with Gasteiger partial charge in [-0.25, -0.2) is 4.98 Å². The van der Waals surface area contributed by atoms with Crippen LogP contribution in [0.2, 0.25) is 0 Å². The van der Waals surface area contributed by atoms with Crippen molar-refractivity contribution < 1.29 is 4.79 Å². The van der Waals surface area contributed by atoms with Gasteiger partial charge in [0, 0.05) is 22.7 Å². The zero-order valence-corrected chi connectivity index (χ0v) is 15.0. The Morgan fingerprint density at radius 2 is 2.30 bits per heavy atom. The zero-order chi connectivity index (χ0) is 16.2. The summed E-state index contributed by atoms with van der Waals surface area (Å²) < 4.78 is 0. The average Bonchev–Trinajstić information content (AvgIpc) is 3.26. The Labute approximate surface area is 145 Å². The van der Waals surface area contributed by atoms with E-state index in [-0.39, 0.29) is 11.8 Å². The molecule has 0 aromatic carbocycles. The highest BCUT2D eigenvalue weighted by molar-refractivity contribution is 7.16. The minimum atomic E-state index is 0.122. The smallest absolute Gasteiger partial charge is 0.223 e. The minimum absolute atomic E-state index is 0.122. The highest BCUT2D eigenvalue weighted by Gasteiger charge is 2.31. The summed E-state index contributed by atoms with van der Waals surface area (Å²) in [7, 11) is 0. The molecule has 0 saturated heterocycles. The second-order valence-corrected chi connectivity index (χ2v) is 8.32. The first-order valence-electron chi connectivity index (χ1n) is 8.16. The van der Waals surface area contributed by atoms with E-state index in [4.69, 9.17) is 5.73 Å². The molecule has 3 N–H and O–H groups in total. The number of aryl methyl sites for hydroxylation is 1. The zero-order valence-electron chi connectivity index (χ0n) is 13.4. The molecule has 0 bridgehead atoms. The van der Waals surface area contributed by atoms with Crippen LogP contribution in [0.5, 0.6) is 0 Å². The van der Waals surface area contributed by atoms with Gasteiger partial charge in [-0.05, 0) is 50.8 Å². The largest absolute Gasteiger partial charge is 0.355 e. The first-order valence-corrected chi connectivity index (χ1v) is 9.86. The van der Waals surface area contributed by atoms with Crippen LogP contribution in [0, 0.1) is 18.8 Å². The van der Waals surface area contributed by atoms with Crippen LogP contribution < -0.4 is 11.1 Å². The van der Waals surface area contributed by atoms with Crippen LogP contribution in [0.25, 0.3) is 10.6 Å². The molecule has 1 saturated carbocycles. The van der Waals surface area contributed by atoms with Gasteiger partial charge in [0.05, 0.1) is 15.6 Å². The van der Waals surface area contributed by atoms with Crippen LogP contribution >= 0.6 is 22.7 Å². The van der Waals surface area contributed by atoms with E-state index in [9.17, 15) is 4.79 Å². The summed E-state index contributed by atoms with van der Waals surface area (Å²) in [5, 5.41) is 6.28. The van der Waals surface area contributed by atoms with Gasteiger partial charge in [-0.3, -0.25) is 4.79 Å². The molecule has 2 atom stereocenters. The van der Waals surface area contributed by atoms with Crippen molar-refractivity contribution in [2.75, 3.05) is 13.1 Å². The molecule has 1 amide bonds. The molecule has 3 rings (SSSR count). The second kappa shape index (κ2) is 7.55. The third-order valence-corrected chi connectivity index (χ3v) is 6.44. The molecule has 6 heteroatoms. The molecule has 2 aromatic rings. The van der Waals surface area contributed by atoms with Crippen LogP contribution in [-0.4, -0.2) is 24.0 Å². The summed E-state index contributed by atoms with van der Waals surface area (Å²) >= 11 is 3.44. The Hall–Kier alpha value is -1.24. The number of carbonyl (C=O) groups excluding carboxylic acids is 1. The maximum atomic E-state index is 12.3. The topological polar surface area (TPSA) is 68.0 Å². The van der Waals surface area contributed by atoms with Crippen LogP contribution in [0.3, 0.4) is 0 Å². The van der Waals surface area contributed by atoms with Crippen molar-refractivity contribution >= 4 is 28.6 Å². The highest BCUT2D eigenvalue weighted by Crippen LogP contribution is 2.31. The Balaban J connectivity index is 1.49. The van der Waals surface area contributed by atoms with Crippen LogP contribution in [-0.2, 0) is 11.2 Å². The van der Waals surface area contributed by atoms with Gasteiger partial charge in [0.15, 0.2) is 0 Å². The number of thiophene rings is 1. The Bertz CT molecular complexity index is 664. The van der Waals surface area contributed by atoms with Gasteiger partial charge >= 0.3 is 0 Å². The van der Waals surface area contributed by atoms with Gasteiger partial charge < -0.3 is 11.1 Å². The molecule has 0 unspecified atom stereocenters. The van der Waals surface area contributed by atoms with Crippen molar-refractivity contribution in [2.24, 2.45) is 17.6 Å². The molecule has 0 radical (unpaired) electrons. The van der Waals surface area contributed by atoms with Gasteiger partial charge in [0.2, 0.25) is 5.91 Å². The average molecular weight is 350 g/mol. The summed E-state index contributed by atoms with van der Waals surface area (Å²) in [5.74, 6) is 0.679. The summed E-state index contributed by atoms with van der Waals surface area (Å²) in [6, 6.07) is 4.26. The van der Waals surface area contributed by atoms with Crippen LogP contribution in [0.4, 0.5) is 0 Å². The number of rotatable bonds is 6. The normalized spacial score (nSPS) is 20.8. The summed E-state index contributed by atoms with van der Waals surface area (Å²) in [6.45, 7) is 3.35. The molecular weight excluding hydrogens is 326 g/mol. The lowest BCUT2D eigenvalue weighted by atomic mass is 9.95. The highest BCUT2D eigenvalue weighted by atomic mass is 32.1. The number of nitrogens with one attached hydrogen (secondary N) is 1. The van der Waals surface area contributed by atoms with Crippen molar-refractivity contribution in [3.8, 4) is 10.6 Å². The van der Waals surface area contributed by atoms with E-state index in [1.807, 2.05) is 6.92 Å². The molecule has 1 aliphatic carbocycles. The summed E-state index contributed by atoms with van der Waals surface area (Å²) in [6.07, 6.45) is 4.08. The molecule has 23 heavy (non-hydrogen) atoms. The lowest BCUT2D eigenvalue weighted by Crippen LogP contribution is -2.36. The van der Waals surface area contributed by atoms with E-state index in [1.54, 1.807) is 22.7 Å². The summed E-state index contributed by atoms with van der Waals surface area (Å²) in [4.78, 5) is 19.3. The van der Waals surface area contributed by atoms with Crippen molar-refractivity contribution in [1.29, 1.82) is 0 Å². The maximum absolute atomic E-state index is 12.3. The number of hydrogen-bond acceptors (Lipinski definition) is 5. The predicted octanol–water partition coefficient (Wildman–Crippen LogP) is 3.21. The molecule has 0 spiro atoms. The van der Waals surface area contributed by atoms with Gasteiger partial charge in [-0.1, -0.05) is 6.42 Å². The first-order chi connectivity index (χ1) is 11.2. The molecule has 4 nitrogen and oxygen atoms in total. The molecule has 1 aliphatic rings. The SMILES string of the molecule is Cc1nc(-c2ccc(CCNC(=O)[C@@H]3CCC[C@@H]3CN)s2)cs1. The van der Waals surface area contributed by atoms with Crippen molar-refractivity contribution in [2.45, 2.75) is 32.6 Å². The van der Waals surface area contributed by atoms with Gasteiger partial charge in [0.1, 0.15) is 0 Å². The quantitative estimate of drug-likeness (QED) is 0.841. The third-order valence-electron chi connectivity index (χ3n) is 4.50. The lowest BCUT2D eigenvalue weighted by Gasteiger charge is -2.17. The van der Waals surface area contributed by atoms with Crippen molar-refractivity contribution in [3.63, 3.8) is 0 Å². The Morgan fingerprint density at radius 3 is 3.04 bits per heavy atom. The number of amides is 1. The molecule has 2 aromatic heterocycles. The lowest BCUT2D eigenvalue weighted by molar-refractivity contribution is -0.125. The third kappa shape index (κ3) is 4.00. The van der Waals surface area contributed by atoms with E-state index < -0.39 is 0 Å². The summed E-state index contributed by atoms with van der Waals surface area (Å²) in [5.41, 5.74) is 6.82. The second-order valence-electron chi connectivity index (χ2n) is 6.09. The number of aromatic nitrogens is 1. The fourth-order valence-electron chi connectivity index (χ4n) is 3.23.